The molecule has 4 aliphatic carbocycles. The number of hydrogen-bond donors (Lipinski definition) is 0. The van der Waals surface area contributed by atoms with Gasteiger partial charge in [-0.15, -0.1) is 13.2 Å². The lowest BCUT2D eigenvalue weighted by molar-refractivity contribution is 0.420. The van der Waals surface area contributed by atoms with Gasteiger partial charge in [-0.1, -0.05) is 99.5 Å². The highest BCUT2D eigenvalue weighted by molar-refractivity contribution is 6.83. The summed E-state index contributed by atoms with van der Waals surface area (Å²) in [6.45, 7) is 13.2. The molecule has 0 aromatic rings. The number of hydrogen-bond acceptors (Lipinski definition) is 0. The first-order valence-electron chi connectivity index (χ1n) is 13.1. The lowest BCUT2D eigenvalue weighted by atomic mass is 9.84. The Hall–Kier alpha value is -1.34. The smallest absolute Gasteiger partial charge is 0.0610 e. The third kappa shape index (κ3) is 4.08. The third-order valence-corrected chi connectivity index (χ3v) is 16.5. The fourth-order valence-corrected chi connectivity index (χ4v) is 16.4. The van der Waals surface area contributed by atoms with Crippen LogP contribution < -0.4 is 0 Å². The van der Waals surface area contributed by atoms with E-state index in [1.807, 2.05) is 0 Å². The van der Waals surface area contributed by atoms with Crippen molar-refractivity contribution in [2.45, 2.75) is 75.5 Å². The van der Waals surface area contributed by atoms with Gasteiger partial charge in [-0.25, -0.2) is 0 Å². The van der Waals surface area contributed by atoms with Crippen LogP contribution in [0.4, 0.5) is 0 Å². The molecule has 1 heteroatoms. The van der Waals surface area contributed by atoms with Crippen LogP contribution in [0.2, 0.25) is 23.2 Å². The van der Waals surface area contributed by atoms with Crippen molar-refractivity contribution in [2.75, 3.05) is 0 Å². The van der Waals surface area contributed by atoms with Crippen molar-refractivity contribution in [3.63, 3.8) is 0 Å². The summed E-state index contributed by atoms with van der Waals surface area (Å²) in [5.74, 6) is 4.65. The highest BCUT2D eigenvalue weighted by atomic mass is 28.3. The Morgan fingerprint density at radius 2 is 1.06 bits per heavy atom. The molecule has 0 saturated heterocycles. The molecule has 0 nitrogen and oxygen atoms in total. The maximum atomic E-state index is 4.13. The molecule has 4 rings (SSSR count). The molecule has 0 amide bonds. The highest BCUT2D eigenvalue weighted by Gasteiger charge is 2.58. The summed E-state index contributed by atoms with van der Waals surface area (Å²) in [7, 11) is -1.53. The van der Waals surface area contributed by atoms with Crippen LogP contribution in [0.25, 0.3) is 0 Å². The Morgan fingerprint density at radius 3 is 1.42 bits per heavy atom. The van der Waals surface area contributed by atoms with Gasteiger partial charge in [0.05, 0.1) is 8.07 Å². The minimum absolute atomic E-state index is 0.747. The number of allylic oxidation sites excluding steroid dienone is 10. The SMILES string of the molecule is C=CCC1CC([Si](CCC)(CCC)C2CC(CC=C)C3C=CC=CC32)C2C=CC=CC12. The zero-order chi connectivity index (χ0) is 21.8. The summed E-state index contributed by atoms with van der Waals surface area (Å²) in [5, 5.41) is 0. The van der Waals surface area contributed by atoms with Gasteiger partial charge in [0.15, 0.2) is 0 Å². The van der Waals surface area contributed by atoms with Gasteiger partial charge in [0.25, 0.3) is 0 Å². The minimum atomic E-state index is -1.53. The number of fused-ring (bicyclic) bond motifs is 2. The predicted octanol–water partition coefficient (Wildman–Crippen LogP) is 8.90. The van der Waals surface area contributed by atoms with E-state index in [9.17, 15) is 0 Å². The summed E-state index contributed by atoms with van der Waals surface area (Å²) < 4.78 is 0. The predicted molar refractivity (Wildman–Crippen MR) is 140 cm³/mol. The summed E-state index contributed by atoms with van der Waals surface area (Å²) in [6, 6.07) is 3.05. The monoisotopic (exact) mass is 432 g/mol. The molecule has 2 saturated carbocycles. The molecule has 0 aromatic carbocycles. The largest absolute Gasteiger partial charge is 0.103 e. The normalized spacial score (nSPS) is 38.3. The molecule has 0 aliphatic heterocycles. The van der Waals surface area contributed by atoms with Gasteiger partial charge < -0.3 is 0 Å². The van der Waals surface area contributed by atoms with E-state index in [1.165, 1.54) is 50.6 Å². The van der Waals surface area contributed by atoms with Gasteiger partial charge in [0.2, 0.25) is 0 Å². The van der Waals surface area contributed by atoms with Gasteiger partial charge >= 0.3 is 0 Å². The van der Waals surface area contributed by atoms with Crippen LogP contribution in [0.5, 0.6) is 0 Å². The fourth-order valence-electron chi connectivity index (χ4n) is 8.55. The third-order valence-electron chi connectivity index (χ3n) is 9.42. The minimum Gasteiger partial charge on any atom is -0.103 e. The summed E-state index contributed by atoms with van der Waals surface area (Å²) in [4.78, 5) is 0. The standard InChI is InChI=1S/C30H44Si/c1-5-13-23-21-29(27-17-11-9-15-25(23)27)31(19-7-3,20-8-4)30-22-24(14-6-2)26-16-10-12-18-28(26)30/h5-6,9-12,15-18,23-30H,1-2,7-8,13-14,19-22H2,3-4H3. The van der Waals surface area contributed by atoms with E-state index in [4.69, 9.17) is 0 Å². The molecular formula is C30H44Si. The van der Waals surface area contributed by atoms with E-state index < -0.39 is 8.07 Å². The number of rotatable bonds is 10. The molecule has 168 valence electrons. The van der Waals surface area contributed by atoms with E-state index in [0.717, 1.165) is 46.6 Å². The molecular weight excluding hydrogens is 388 g/mol. The molecule has 31 heavy (non-hydrogen) atoms. The lowest BCUT2D eigenvalue weighted by Gasteiger charge is -2.47. The summed E-state index contributed by atoms with van der Waals surface area (Å²) >= 11 is 0. The van der Waals surface area contributed by atoms with Crippen molar-refractivity contribution in [3.8, 4) is 0 Å². The quantitative estimate of drug-likeness (QED) is 0.239. The van der Waals surface area contributed by atoms with E-state index in [0.29, 0.717) is 0 Å². The summed E-state index contributed by atoms with van der Waals surface area (Å²) in [6.07, 6.45) is 32.1. The van der Waals surface area contributed by atoms with Crippen molar-refractivity contribution in [3.05, 3.63) is 73.9 Å². The lowest BCUT2D eigenvalue weighted by Crippen LogP contribution is -2.47. The van der Waals surface area contributed by atoms with Gasteiger partial charge in [0, 0.05) is 0 Å². The first kappa shape index (κ1) is 22.8. The molecule has 4 aliphatic rings. The molecule has 0 N–H and O–H groups in total. The Balaban J connectivity index is 1.75. The second-order valence-corrected chi connectivity index (χ2v) is 15.8. The second kappa shape index (κ2) is 10.1. The molecule has 0 radical (unpaired) electrons. The molecule has 8 unspecified atom stereocenters. The first-order valence-corrected chi connectivity index (χ1v) is 15.7. The van der Waals surface area contributed by atoms with Crippen molar-refractivity contribution in [1.82, 2.24) is 0 Å². The van der Waals surface area contributed by atoms with Crippen molar-refractivity contribution in [2.24, 2.45) is 35.5 Å². The van der Waals surface area contributed by atoms with Crippen molar-refractivity contribution >= 4 is 8.07 Å². The van der Waals surface area contributed by atoms with Gasteiger partial charge in [-0.05, 0) is 72.3 Å². The second-order valence-electron chi connectivity index (χ2n) is 10.8. The van der Waals surface area contributed by atoms with Crippen molar-refractivity contribution < 1.29 is 0 Å². The van der Waals surface area contributed by atoms with E-state index in [2.05, 4.69) is 87.8 Å². The average molecular weight is 433 g/mol. The molecule has 8 atom stereocenters. The highest BCUT2D eigenvalue weighted by Crippen LogP contribution is 2.64. The van der Waals surface area contributed by atoms with Gasteiger partial charge in [-0.2, -0.15) is 0 Å². The first-order chi connectivity index (χ1) is 15.2. The Bertz CT molecular complexity index is 688. The Morgan fingerprint density at radius 1 is 0.677 bits per heavy atom. The van der Waals surface area contributed by atoms with Crippen LogP contribution in [0.3, 0.4) is 0 Å². The zero-order valence-electron chi connectivity index (χ0n) is 20.0. The topological polar surface area (TPSA) is 0 Å². The van der Waals surface area contributed by atoms with Crippen LogP contribution in [0.15, 0.2) is 73.9 Å². The van der Waals surface area contributed by atoms with Gasteiger partial charge in [-0.3, -0.25) is 0 Å². The van der Waals surface area contributed by atoms with Crippen molar-refractivity contribution in [1.29, 1.82) is 0 Å². The average Bonchev–Trinajstić information content (AvgIpc) is 3.34. The van der Waals surface area contributed by atoms with Crippen LogP contribution in [0.1, 0.15) is 52.4 Å². The van der Waals surface area contributed by atoms with Crippen LogP contribution in [-0.4, -0.2) is 8.07 Å². The zero-order valence-corrected chi connectivity index (χ0v) is 21.0. The Kier molecular flexibility index (Phi) is 7.42. The maximum Gasteiger partial charge on any atom is 0.0610 e. The van der Waals surface area contributed by atoms with Gasteiger partial charge in [0.1, 0.15) is 0 Å². The Labute approximate surface area is 193 Å². The van der Waals surface area contributed by atoms with E-state index >= 15 is 0 Å². The molecule has 0 heterocycles. The molecule has 2 fully saturated rings. The van der Waals surface area contributed by atoms with Crippen LogP contribution >= 0.6 is 0 Å². The summed E-state index contributed by atoms with van der Waals surface area (Å²) in [5.41, 5.74) is 1.88. The molecule has 0 bridgehead atoms. The van der Waals surface area contributed by atoms with Crippen LogP contribution in [0, 0.1) is 35.5 Å². The molecule has 0 aromatic heterocycles. The maximum absolute atomic E-state index is 4.13. The van der Waals surface area contributed by atoms with E-state index in [1.54, 1.807) is 0 Å². The van der Waals surface area contributed by atoms with Crippen LogP contribution in [-0.2, 0) is 0 Å². The molecule has 0 spiro atoms. The fraction of sp³-hybridized carbons (Fsp3) is 0.600. The van der Waals surface area contributed by atoms with E-state index in [-0.39, 0.29) is 0 Å².